The van der Waals surface area contributed by atoms with Gasteiger partial charge in [-0.2, -0.15) is 0 Å². The van der Waals surface area contributed by atoms with Gasteiger partial charge in [0.25, 0.3) is 0 Å². The molecule has 0 fully saturated rings. The number of halogens is 1. The van der Waals surface area contributed by atoms with Crippen molar-refractivity contribution in [3.8, 4) is 0 Å². The summed E-state index contributed by atoms with van der Waals surface area (Å²) >= 11 is 0. The molecule has 4 N–H and O–H groups in total. The lowest BCUT2D eigenvalue weighted by Gasteiger charge is -2.16. The smallest absolute Gasteiger partial charge is 0.126 e. The maximum Gasteiger partial charge on any atom is 0.126 e. The molecule has 78 valence electrons. The van der Waals surface area contributed by atoms with Gasteiger partial charge in [-0.25, -0.2) is 4.39 Å². The van der Waals surface area contributed by atoms with Crippen molar-refractivity contribution in [2.75, 3.05) is 6.54 Å². The van der Waals surface area contributed by atoms with Crippen LogP contribution in [0.25, 0.3) is 0 Å². The molecular formula is C10H14FNO2. The third kappa shape index (κ3) is 2.29. The number of rotatable bonds is 3. The van der Waals surface area contributed by atoms with Crippen LogP contribution in [0.2, 0.25) is 0 Å². The average molecular weight is 199 g/mol. The second-order valence-corrected chi connectivity index (χ2v) is 3.26. The van der Waals surface area contributed by atoms with Crippen LogP contribution in [0, 0.1) is 12.7 Å². The summed E-state index contributed by atoms with van der Waals surface area (Å²) in [6, 6.07) is 4.33. The lowest BCUT2D eigenvalue weighted by atomic mass is 10.0. The monoisotopic (exact) mass is 199 g/mol. The Labute approximate surface area is 82.0 Å². The summed E-state index contributed by atoms with van der Waals surface area (Å²) in [4.78, 5) is 0. The molecule has 0 saturated heterocycles. The van der Waals surface area contributed by atoms with Gasteiger partial charge in [-0.3, -0.25) is 0 Å². The number of hydrogen-bond donors (Lipinski definition) is 3. The van der Waals surface area contributed by atoms with E-state index in [2.05, 4.69) is 0 Å². The molecule has 0 amide bonds. The van der Waals surface area contributed by atoms with Crippen molar-refractivity contribution in [1.82, 2.24) is 0 Å². The summed E-state index contributed by atoms with van der Waals surface area (Å²) < 4.78 is 13.1. The minimum Gasteiger partial charge on any atom is -0.389 e. The molecule has 0 bridgehead atoms. The van der Waals surface area contributed by atoms with E-state index in [0.717, 1.165) is 0 Å². The van der Waals surface area contributed by atoms with Gasteiger partial charge >= 0.3 is 0 Å². The summed E-state index contributed by atoms with van der Waals surface area (Å²) in [5.41, 5.74) is 6.02. The molecule has 1 aromatic carbocycles. The Morgan fingerprint density at radius 3 is 2.57 bits per heavy atom. The predicted octanol–water partition coefficient (Wildman–Crippen LogP) is 0.487. The SMILES string of the molecule is Cc1ccc(C(O)C(O)CN)cc1F. The van der Waals surface area contributed by atoms with Crippen LogP contribution in [0.4, 0.5) is 4.39 Å². The van der Waals surface area contributed by atoms with Crippen molar-refractivity contribution in [3.63, 3.8) is 0 Å². The van der Waals surface area contributed by atoms with Gasteiger partial charge in [0, 0.05) is 6.54 Å². The topological polar surface area (TPSA) is 66.5 Å². The number of aliphatic hydroxyl groups is 2. The summed E-state index contributed by atoms with van der Waals surface area (Å²) in [6.45, 7) is 1.57. The van der Waals surface area contributed by atoms with Crippen LogP contribution in [0.3, 0.4) is 0 Å². The molecule has 0 aliphatic carbocycles. The highest BCUT2D eigenvalue weighted by Crippen LogP contribution is 2.19. The van der Waals surface area contributed by atoms with Crippen LogP contribution in [-0.2, 0) is 0 Å². The molecular weight excluding hydrogens is 185 g/mol. The van der Waals surface area contributed by atoms with Crippen molar-refractivity contribution in [3.05, 3.63) is 35.1 Å². The highest BCUT2D eigenvalue weighted by atomic mass is 19.1. The van der Waals surface area contributed by atoms with Crippen LogP contribution >= 0.6 is 0 Å². The molecule has 2 atom stereocenters. The van der Waals surface area contributed by atoms with E-state index in [9.17, 15) is 14.6 Å². The van der Waals surface area contributed by atoms with Crippen LogP contribution in [0.1, 0.15) is 17.2 Å². The molecule has 3 nitrogen and oxygen atoms in total. The van der Waals surface area contributed by atoms with E-state index in [-0.39, 0.29) is 6.54 Å². The second-order valence-electron chi connectivity index (χ2n) is 3.26. The Morgan fingerprint density at radius 2 is 2.07 bits per heavy atom. The molecule has 4 heteroatoms. The highest BCUT2D eigenvalue weighted by Gasteiger charge is 2.17. The molecule has 1 rings (SSSR count). The number of hydrogen-bond acceptors (Lipinski definition) is 3. The molecule has 0 spiro atoms. The van der Waals surface area contributed by atoms with E-state index in [4.69, 9.17) is 5.73 Å². The minimum absolute atomic E-state index is 0.0589. The zero-order valence-corrected chi connectivity index (χ0v) is 7.94. The van der Waals surface area contributed by atoms with E-state index in [0.29, 0.717) is 11.1 Å². The maximum atomic E-state index is 13.1. The molecule has 2 unspecified atom stereocenters. The van der Waals surface area contributed by atoms with Gasteiger partial charge in [-0.05, 0) is 24.1 Å². The zero-order valence-electron chi connectivity index (χ0n) is 7.94. The van der Waals surface area contributed by atoms with Crippen LogP contribution < -0.4 is 5.73 Å². The second kappa shape index (κ2) is 4.50. The number of aliphatic hydroxyl groups excluding tert-OH is 2. The van der Waals surface area contributed by atoms with E-state index < -0.39 is 18.0 Å². The van der Waals surface area contributed by atoms with E-state index in [1.807, 2.05) is 0 Å². The first-order valence-corrected chi connectivity index (χ1v) is 4.38. The maximum absolute atomic E-state index is 13.1. The number of benzene rings is 1. The first kappa shape index (κ1) is 11.1. The Hall–Kier alpha value is -0.970. The average Bonchev–Trinajstić information content (AvgIpc) is 2.20. The molecule has 0 radical (unpaired) electrons. The first-order chi connectivity index (χ1) is 6.56. The summed E-state index contributed by atoms with van der Waals surface area (Å²) in [6.07, 6.45) is -2.19. The largest absolute Gasteiger partial charge is 0.389 e. The summed E-state index contributed by atoms with van der Waals surface area (Å²) in [5, 5.41) is 18.8. The van der Waals surface area contributed by atoms with Gasteiger partial charge in [-0.15, -0.1) is 0 Å². The molecule has 14 heavy (non-hydrogen) atoms. The summed E-state index contributed by atoms with van der Waals surface area (Å²) in [5.74, 6) is -0.397. The van der Waals surface area contributed by atoms with Gasteiger partial charge in [0.1, 0.15) is 11.9 Å². The number of nitrogens with two attached hydrogens (primary N) is 1. The Bertz CT molecular complexity index is 317. The van der Waals surface area contributed by atoms with Crippen LogP contribution in [-0.4, -0.2) is 22.9 Å². The molecule has 0 aliphatic heterocycles. The minimum atomic E-state index is -1.13. The fourth-order valence-corrected chi connectivity index (χ4v) is 1.14. The zero-order chi connectivity index (χ0) is 10.7. The fourth-order valence-electron chi connectivity index (χ4n) is 1.14. The molecule has 0 aliphatic rings. The Balaban J connectivity index is 2.91. The van der Waals surface area contributed by atoms with E-state index >= 15 is 0 Å². The van der Waals surface area contributed by atoms with Crippen molar-refractivity contribution in [2.45, 2.75) is 19.1 Å². The molecule has 0 aromatic heterocycles. The normalized spacial score (nSPS) is 15.2. The van der Waals surface area contributed by atoms with Crippen LogP contribution in [0.5, 0.6) is 0 Å². The Morgan fingerprint density at radius 1 is 1.43 bits per heavy atom. The lowest BCUT2D eigenvalue weighted by molar-refractivity contribution is 0.0242. The lowest BCUT2D eigenvalue weighted by Crippen LogP contribution is -2.27. The number of aryl methyl sites for hydroxylation is 1. The molecule has 0 saturated carbocycles. The van der Waals surface area contributed by atoms with E-state index in [1.165, 1.54) is 6.07 Å². The van der Waals surface area contributed by atoms with Crippen molar-refractivity contribution in [2.24, 2.45) is 5.73 Å². The van der Waals surface area contributed by atoms with E-state index in [1.54, 1.807) is 19.1 Å². The quantitative estimate of drug-likeness (QED) is 0.663. The summed E-state index contributed by atoms with van der Waals surface area (Å²) in [7, 11) is 0. The third-order valence-electron chi connectivity index (χ3n) is 2.14. The van der Waals surface area contributed by atoms with Crippen LogP contribution in [0.15, 0.2) is 18.2 Å². The van der Waals surface area contributed by atoms with Gasteiger partial charge in [0.05, 0.1) is 6.10 Å². The first-order valence-electron chi connectivity index (χ1n) is 4.38. The van der Waals surface area contributed by atoms with Crippen molar-refractivity contribution < 1.29 is 14.6 Å². The third-order valence-corrected chi connectivity index (χ3v) is 2.14. The molecule has 0 heterocycles. The molecule has 1 aromatic rings. The highest BCUT2D eigenvalue weighted by molar-refractivity contribution is 5.25. The standard InChI is InChI=1S/C10H14FNO2/c1-6-2-3-7(4-8(6)11)10(14)9(13)5-12/h2-4,9-10,13-14H,5,12H2,1H3. The predicted molar refractivity (Wildman–Crippen MR) is 51.2 cm³/mol. The van der Waals surface area contributed by atoms with Crippen molar-refractivity contribution in [1.29, 1.82) is 0 Å². The Kier molecular flexibility index (Phi) is 3.57. The fraction of sp³-hybridized carbons (Fsp3) is 0.400. The van der Waals surface area contributed by atoms with Crippen molar-refractivity contribution >= 4 is 0 Å². The van der Waals surface area contributed by atoms with Gasteiger partial charge < -0.3 is 15.9 Å². The van der Waals surface area contributed by atoms with Gasteiger partial charge in [0.2, 0.25) is 0 Å². The van der Waals surface area contributed by atoms with Gasteiger partial charge in [-0.1, -0.05) is 12.1 Å². The van der Waals surface area contributed by atoms with Gasteiger partial charge in [0.15, 0.2) is 0 Å².